The van der Waals surface area contributed by atoms with Gasteiger partial charge in [0, 0.05) is 10.5 Å². The maximum absolute atomic E-state index is 12.5. The monoisotopic (exact) mass is 415 g/mol. The van der Waals surface area contributed by atoms with Gasteiger partial charge in [0.05, 0.1) is 38.0 Å². The number of ether oxygens (including phenoxy) is 1. The predicted octanol–water partition coefficient (Wildman–Crippen LogP) is 2.33. The lowest BCUT2D eigenvalue weighted by Gasteiger charge is -2.49. The first-order valence-corrected chi connectivity index (χ1v) is 11.4. The molecule has 5 heterocycles. The number of hydrogen-bond donors (Lipinski definition) is 1. The topological polar surface area (TPSA) is 66.8 Å². The van der Waals surface area contributed by atoms with Crippen LogP contribution in [0.4, 0.5) is 0 Å². The molecular formula is C22H27N2O4S+. The van der Waals surface area contributed by atoms with Gasteiger partial charge in [-0.1, -0.05) is 36.0 Å². The van der Waals surface area contributed by atoms with Crippen molar-refractivity contribution in [2.24, 2.45) is 5.92 Å². The second-order valence-corrected chi connectivity index (χ2v) is 9.87. The number of fused-ring (bicyclic) bond motifs is 4. The van der Waals surface area contributed by atoms with Crippen LogP contribution in [0.25, 0.3) is 4.91 Å². The molecule has 29 heavy (non-hydrogen) atoms. The number of quaternary nitrogens is 1. The number of nitrogens with zero attached hydrogens (tertiary/aromatic N) is 2. The Morgan fingerprint density at radius 1 is 1.17 bits per heavy atom. The Morgan fingerprint density at radius 2 is 1.86 bits per heavy atom. The van der Waals surface area contributed by atoms with E-state index in [1.165, 1.54) is 48.9 Å². The molecule has 4 saturated heterocycles. The molecule has 6 nitrogen and oxygen atoms in total. The molecule has 1 amide bonds. The third-order valence-electron chi connectivity index (χ3n) is 6.90. The Bertz CT molecular complexity index is 844. The Hall–Kier alpha value is -1.83. The minimum atomic E-state index is -0.532. The number of β-lactam (4-membered cyclic amide) rings is 1. The van der Waals surface area contributed by atoms with Gasteiger partial charge in [0.15, 0.2) is 0 Å². The van der Waals surface area contributed by atoms with Crippen LogP contribution < -0.4 is 0 Å². The average Bonchev–Trinajstić information content (AvgIpc) is 3.06. The van der Waals surface area contributed by atoms with Crippen molar-refractivity contribution in [3.63, 3.8) is 0 Å². The van der Waals surface area contributed by atoms with Crippen molar-refractivity contribution in [1.82, 2.24) is 4.90 Å². The number of benzene rings is 1. The number of aliphatic hydroxyl groups excluding tert-OH is 1. The van der Waals surface area contributed by atoms with E-state index in [-0.39, 0.29) is 24.5 Å². The van der Waals surface area contributed by atoms with Crippen LogP contribution in [0.3, 0.4) is 0 Å². The molecule has 1 N–H and O–H groups in total. The maximum Gasteiger partial charge on any atom is 0.356 e. The Kier molecular flexibility index (Phi) is 4.92. The van der Waals surface area contributed by atoms with Crippen LogP contribution in [0, 0.1) is 5.92 Å². The summed E-state index contributed by atoms with van der Waals surface area (Å²) in [5, 5.41) is 8.94. The fourth-order valence-electron chi connectivity index (χ4n) is 5.18. The highest BCUT2D eigenvalue weighted by Gasteiger charge is 2.49. The summed E-state index contributed by atoms with van der Waals surface area (Å²) in [7, 11) is 0. The van der Waals surface area contributed by atoms with E-state index in [1.54, 1.807) is 16.7 Å². The van der Waals surface area contributed by atoms with E-state index in [2.05, 4.69) is 24.3 Å². The van der Waals surface area contributed by atoms with Crippen LogP contribution in [0.2, 0.25) is 0 Å². The lowest BCUT2D eigenvalue weighted by atomic mass is 9.85. The normalized spacial score (nSPS) is 30.4. The fourth-order valence-corrected chi connectivity index (χ4v) is 6.57. The zero-order valence-electron chi connectivity index (χ0n) is 16.5. The van der Waals surface area contributed by atoms with Crippen LogP contribution in [-0.4, -0.2) is 64.6 Å². The van der Waals surface area contributed by atoms with E-state index in [0.717, 1.165) is 22.9 Å². The van der Waals surface area contributed by atoms with Crippen LogP contribution in [0.5, 0.6) is 0 Å². The molecule has 4 fully saturated rings. The minimum absolute atomic E-state index is 0.0122. The largest absolute Gasteiger partial charge is 0.459 e. The summed E-state index contributed by atoms with van der Waals surface area (Å²) in [6.45, 7) is 4.69. The second kappa shape index (κ2) is 7.45. The molecule has 154 valence electrons. The molecule has 0 aromatic heterocycles. The van der Waals surface area contributed by atoms with Crippen molar-refractivity contribution in [1.29, 1.82) is 0 Å². The van der Waals surface area contributed by atoms with Gasteiger partial charge in [-0.2, -0.15) is 0 Å². The van der Waals surface area contributed by atoms with Gasteiger partial charge in [-0.15, -0.1) is 0 Å². The van der Waals surface area contributed by atoms with Crippen molar-refractivity contribution in [2.45, 2.75) is 37.6 Å². The Morgan fingerprint density at radius 3 is 2.48 bits per heavy atom. The molecule has 0 unspecified atom stereocenters. The number of carbonyl (C=O) groups excluding carboxylic acids is 2. The van der Waals surface area contributed by atoms with E-state index in [4.69, 9.17) is 9.84 Å². The number of rotatable bonds is 6. The van der Waals surface area contributed by atoms with Gasteiger partial charge in [0.25, 0.3) is 0 Å². The summed E-state index contributed by atoms with van der Waals surface area (Å²) in [4.78, 5) is 26.9. The van der Waals surface area contributed by atoms with E-state index >= 15 is 0 Å². The standard InChI is InChI=1S/C22H27N2O4S/c25-11-12-28-22(27)20-21(29-19-13-18(26)23(19)20)17-3-1-16(2-4-17)14-24-8-5-15(6-9-24)7-10-24/h1-4,15,19,25H,5-14H2/q+1/t15?,19-,24?/m1/s1. The molecule has 2 bridgehead atoms. The zero-order valence-corrected chi connectivity index (χ0v) is 17.3. The number of amides is 1. The molecule has 0 saturated carbocycles. The van der Waals surface area contributed by atoms with Crippen LogP contribution in [0.1, 0.15) is 36.8 Å². The quantitative estimate of drug-likeness (QED) is 0.439. The number of thioether (sulfide) groups is 1. The molecule has 5 aliphatic heterocycles. The molecule has 0 aliphatic carbocycles. The molecule has 1 aromatic carbocycles. The summed E-state index contributed by atoms with van der Waals surface area (Å²) in [6.07, 6.45) is 4.55. The van der Waals surface area contributed by atoms with Gasteiger partial charge >= 0.3 is 5.97 Å². The van der Waals surface area contributed by atoms with Gasteiger partial charge < -0.3 is 14.3 Å². The van der Waals surface area contributed by atoms with E-state index in [9.17, 15) is 9.59 Å². The van der Waals surface area contributed by atoms with Crippen LogP contribution in [0.15, 0.2) is 30.0 Å². The first-order valence-electron chi connectivity index (χ1n) is 10.5. The number of carbonyl (C=O) groups is 2. The van der Waals surface area contributed by atoms with Gasteiger partial charge in [0.2, 0.25) is 5.91 Å². The van der Waals surface area contributed by atoms with Gasteiger partial charge in [0.1, 0.15) is 18.8 Å². The van der Waals surface area contributed by atoms with Crippen LogP contribution in [-0.2, 0) is 20.9 Å². The Balaban J connectivity index is 1.37. The summed E-state index contributed by atoms with van der Waals surface area (Å²) < 4.78 is 6.35. The van der Waals surface area contributed by atoms with E-state index in [0.29, 0.717) is 12.1 Å². The fraction of sp³-hybridized carbons (Fsp3) is 0.545. The lowest BCUT2D eigenvalue weighted by molar-refractivity contribution is -0.955. The second-order valence-electron chi connectivity index (χ2n) is 8.68. The summed E-state index contributed by atoms with van der Waals surface area (Å²) in [5.74, 6) is 0.380. The first kappa shape index (κ1) is 19.2. The highest BCUT2D eigenvalue weighted by atomic mass is 32.2. The van der Waals surface area contributed by atoms with Crippen molar-refractivity contribution < 1.29 is 23.9 Å². The molecule has 0 radical (unpaired) electrons. The van der Waals surface area contributed by atoms with Crippen molar-refractivity contribution >= 4 is 28.5 Å². The van der Waals surface area contributed by atoms with Crippen molar-refractivity contribution in [2.75, 3.05) is 32.8 Å². The van der Waals surface area contributed by atoms with Crippen molar-refractivity contribution in [3.05, 3.63) is 41.1 Å². The van der Waals surface area contributed by atoms with Gasteiger partial charge in [-0.05, 0) is 30.7 Å². The van der Waals surface area contributed by atoms with Gasteiger partial charge in [-0.3, -0.25) is 9.69 Å². The third-order valence-corrected chi connectivity index (χ3v) is 8.22. The molecule has 1 aromatic rings. The molecule has 0 spiro atoms. The number of aliphatic hydroxyl groups is 1. The number of esters is 1. The molecular weight excluding hydrogens is 388 g/mol. The van der Waals surface area contributed by atoms with Crippen LogP contribution >= 0.6 is 11.8 Å². The third kappa shape index (κ3) is 3.39. The van der Waals surface area contributed by atoms with Crippen molar-refractivity contribution in [3.8, 4) is 0 Å². The minimum Gasteiger partial charge on any atom is -0.459 e. The predicted molar refractivity (Wildman–Crippen MR) is 110 cm³/mol. The zero-order chi connectivity index (χ0) is 20.0. The molecule has 6 rings (SSSR count). The van der Waals surface area contributed by atoms with E-state index < -0.39 is 5.97 Å². The number of hydrogen-bond acceptors (Lipinski definition) is 5. The summed E-state index contributed by atoms with van der Waals surface area (Å²) in [6, 6.07) is 8.49. The summed E-state index contributed by atoms with van der Waals surface area (Å²) in [5.41, 5.74) is 2.62. The summed E-state index contributed by atoms with van der Waals surface area (Å²) >= 11 is 1.56. The Labute approximate surface area is 175 Å². The number of piperidine rings is 3. The van der Waals surface area contributed by atoms with Gasteiger partial charge in [-0.25, -0.2) is 4.79 Å². The van der Waals surface area contributed by atoms with E-state index in [1.807, 2.05) is 0 Å². The molecule has 5 aliphatic rings. The average molecular weight is 416 g/mol. The highest BCUT2D eigenvalue weighted by Crippen LogP contribution is 2.50. The SMILES string of the molecule is O=C(OCCO)C1=C(c2ccc(C[N+]34CCC(CC3)CC4)cc2)S[C@@H]2CC(=O)N12. The first-order chi connectivity index (χ1) is 14.1. The lowest BCUT2D eigenvalue weighted by Crippen LogP contribution is -2.57. The molecule has 1 atom stereocenters. The maximum atomic E-state index is 12.5. The highest BCUT2D eigenvalue weighted by molar-refractivity contribution is 8.09. The smallest absolute Gasteiger partial charge is 0.356 e. The molecule has 7 heteroatoms.